The maximum atomic E-state index is 10.9. The normalized spacial score (nSPS) is 26.5. The standard InChI is InChI=1S/C10H12BrN3O2/c1-9(2)5-10(9,12)8-7(14(15)16)3-6(11)4-13-8/h3-4H,5,12H2,1-2H3. The first-order chi connectivity index (χ1) is 7.28. The third-order valence-corrected chi connectivity index (χ3v) is 3.69. The van der Waals surface area contributed by atoms with Crippen LogP contribution in [0.2, 0.25) is 0 Å². The highest BCUT2D eigenvalue weighted by atomic mass is 79.9. The molecule has 16 heavy (non-hydrogen) atoms. The Bertz CT molecular complexity index is 475. The van der Waals surface area contributed by atoms with Crippen LogP contribution in [0, 0.1) is 15.5 Å². The number of aromatic nitrogens is 1. The minimum absolute atomic E-state index is 0.0116. The van der Waals surface area contributed by atoms with E-state index in [1.54, 1.807) is 6.20 Å². The van der Waals surface area contributed by atoms with Crippen molar-refractivity contribution in [3.8, 4) is 0 Å². The summed E-state index contributed by atoms with van der Waals surface area (Å²) < 4.78 is 0.588. The van der Waals surface area contributed by atoms with Crippen LogP contribution in [0.4, 0.5) is 5.69 Å². The average molecular weight is 286 g/mol. The quantitative estimate of drug-likeness (QED) is 0.668. The van der Waals surface area contributed by atoms with Gasteiger partial charge < -0.3 is 5.73 Å². The van der Waals surface area contributed by atoms with Crippen LogP contribution in [-0.4, -0.2) is 9.91 Å². The molecule has 0 amide bonds. The molecule has 1 aromatic rings. The summed E-state index contributed by atoms with van der Waals surface area (Å²) >= 11 is 3.17. The highest BCUT2D eigenvalue weighted by molar-refractivity contribution is 9.10. The molecule has 0 bridgehead atoms. The van der Waals surface area contributed by atoms with Gasteiger partial charge in [-0.05, 0) is 27.8 Å². The van der Waals surface area contributed by atoms with E-state index in [9.17, 15) is 10.1 Å². The molecule has 1 aliphatic rings. The number of nitro groups is 1. The molecule has 1 fully saturated rings. The van der Waals surface area contributed by atoms with Crippen LogP contribution >= 0.6 is 15.9 Å². The van der Waals surface area contributed by atoms with Crippen LogP contribution in [0.5, 0.6) is 0 Å². The van der Waals surface area contributed by atoms with Crippen LogP contribution < -0.4 is 5.73 Å². The number of pyridine rings is 1. The number of rotatable bonds is 2. The lowest BCUT2D eigenvalue weighted by Crippen LogP contribution is -2.27. The van der Waals surface area contributed by atoms with E-state index in [1.165, 1.54) is 6.07 Å². The molecule has 1 heterocycles. The topological polar surface area (TPSA) is 82.0 Å². The Balaban J connectivity index is 2.54. The van der Waals surface area contributed by atoms with Gasteiger partial charge >= 0.3 is 0 Å². The monoisotopic (exact) mass is 285 g/mol. The van der Waals surface area contributed by atoms with Gasteiger partial charge in [-0.25, -0.2) is 0 Å². The molecular weight excluding hydrogens is 274 g/mol. The molecule has 2 rings (SSSR count). The third kappa shape index (κ3) is 1.53. The van der Waals surface area contributed by atoms with Crippen LogP contribution in [-0.2, 0) is 5.54 Å². The zero-order valence-electron chi connectivity index (χ0n) is 9.03. The second-order valence-corrected chi connectivity index (χ2v) is 5.73. The van der Waals surface area contributed by atoms with Crippen molar-refractivity contribution in [2.24, 2.45) is 11.1 Å². The third-order valence-electron chi connectivity index (χ3n) is 3.26. The van der Waals surface area contributed by atoms with Gasteiger partial charge in [0.2, 0.25) is 0 Å². The summed E-state index contributed by atoms with van der Waals surface area (Å²) in [6, 6.07) is 1.45. The molecule has 0 saturated heterocycles. The molecular formula is C10H12BrN3O2. The van der Waals surface area contributed by atoms with E-state index in [0.29, 0.717) is 10.2 Å². The second-order valence-electron chi connectivity index (χ2n) is 4.81. The van der Waals surface area contributed by atoms with E-state index >= 15 is 0 Å². The molecule has 0 aromatic carbocycles. The smallest absolute Gasteiger partial charge is 0.293 e. The fraction of sp³-hybridized carbons (Fsp3) is 0.500. The fourth-order valence-corrected chi connectivity index (χ4v) is 2.29. The molecule has 1 unspecified atom stereocenters. The molecule has 1 aliphatic carbocycles. The predicted molar refractivity (Wildman–Crippen MR) is 62.9 cm³/mol. The Hall–Kier alpha value is -1.01. The minimum Gasteiger partial charge on any atom is -0.319 e. The van der Waals surface area contributed by atoms with Crippen LogP contribution in [0.25, 0.3) is 0 Å². The lowest BCUT2D eigenvalue weighted by atomic mass is 10.0. The Morgan fingerprint density at radius 2 is 2.19 bits per heavy atom. The molecule has 6 heteroatoms. The highest BCUT2D eigenvalue weighted by Crippen LogP contribution is 2.61. The summed E-state index contributed by atoms with van der Waals surface area (Å²) in [4.78, 5) is 14.6. The van der Waals surface area contributed by atoms with Gasteiger partial charge in [0.15, 0.2) is 0 Å². The Morgan fingerprint density at radius 3 is 2.62 bits per heavy atom. The Kier molecular flexibility index (Phi) is 2.32. The highest BCUT2D eigenvalue weighted by Gasteiger charge is 2.62. The van der Waals surface area contributed by atoms with E-state index in [-0.39, 0.29) is 11.1 Å². The number of nitrogens with two attached hydrogens (primary N) is 1. The van der Waals surface area contributed by atoms with Gasteiger partial charge in [-0.1, -0.05) is 13.8 Å². The van der Waals surface area contributed by atoms with E-state index in [1.807, 2.05) is 13.8 Å². The number of halogens is 1. The average Bonchev–Trinajstić information content (AvgIpc) is 2.66. The van der Waals surface area contributed by atoms with Crippen molar-refractivity contribution in [3.05, 3.63) is 32.5 Å². The predicted octanol–water partition coefficient (Wildman–Crippen LogP) is 2.34. The second kappa shape index (κ2) is 3.24. The molecule has 86 valence electrons. The summed E-state index contributed by atoms with van der Waals surface area (Å²) in [6.45, 7) is 3.97. The molecule has 0 radical (unpaired) electrons. The van der Waals surface area contributed by atoms with Crippen molar-refractivity contribution in [2.75, 3.05) is 0 Å². The lowest BCUT2D eigenvalue weighted by Gasteiger charge is -2.14. The van der Waals surface area contributed by atoms with E-state index in [4.69, 9.17) is 5.73 Å². The first-order valence-corrected chi connectivity index (χ1v) is 5.66. The summed E-state index contributed by atoms with van der Waals surface area (Å²) in [6.07, 6.45) is 2.26. The van der Waals surface area contributed by atoms with Crippen molar-refractivity contribution in [1.29, 1.82) is 0 Å². The number of nitrogens with zero attached hydrogens (tertiary/aromatic N) is 2. The molecule has 1 atom stereocenters. The van der Waals surface area contributed by atoms with Crippen molar-refractivity contribution in [2.45, 2.75) is 25.8 Å². The molecule has 5 nitrogen and oxygen atoms in total. The molecule has 0 aliphatic heterocycles. The summed E-state index contributed by atoms with van der Waals surface area (Å²) in [7, 11) is 0. The maximum absolute atomic E-state index is 10.9. The SMILES string of the molecule is CC1(C)CC1(N)c1ncc(Br)cc1[N+](=O)[O-]. The van der Waals surface area contributed by atoms with Gasteiger partial charge in [-0.2, -0.15) is 0 Å². The molecule has 1 saturated carbocycles. The van der Waals surface area contributed by atoms with E-state index < -0.39 is 10.5 Å². The van der Waals surface area contributed by atoms with E-state index in [0.717, 1.165) is 6.42 Å². The minimum atomic E-state index is -0.671. The van der Waals surface area contributed by atoms with E-state index in [2.05, 4.69) is 20.9 Å². The fourth-order valence-electron chi connectivity index (χ4n) is 1.97. The van der Waals surface area contributed by atoms with Crippen LogP contribution in [0.3, 0.4) is 0 Å². The number of hydrogen-bond acceptors (Lipinski definition) is 4. The van der Waals surface area contributed by atoms with Gasteiger partial charge in [0, 0.05) is 16.7 Å². The van der Waals surface area contributed by atoms with Crippen LogP contribution in [0.15, 0.2) is 16.7 Å². The van der Waals surface area contributed by atoms with Crippen LogP contribution in [0.1, 0.15) is 26.0 Å². The zero-order chi connectivity index (χ0) is 12.1. The Morgan fingerprint density at radius 1 is 1.62 bits per heavy atom. The summed E-state index contributed by atoms with van der Waals surface area (Å²) in [5.41, 5.74) is 5.72. The Labute approximate surface area is 101 Å². The van der Waals surface area contributed by atoms with Crippen molar-refractivity contribution in [1.82, 2.24) is 4.98 Å². The van der Waals surface area contributed by atoms with Crippen molar-refractivity contribution < 1.29 is 4.92 Å². The molecule has 1 aromatic heterocycles. The summed E-state index contributed by atoms with van der Waals surface area (Å²) in [5.74, 6) is 0. The van der Waals surface area contributed by atoms with Crippen molar-refractivity contribution >= 4 is 21.6 Å². The first kappa shape index (κ1) is 11.5. The van der Waals surface area contributed by atoms with Gasteiger partial charge in [-0.15, -0.1) is 0 Å². The lowest BCUT2D eigenvalue weighted by molar-refractivity contribution is -0.386. The van der Waals surface area contributed by atoms with Gasteiger partial charge in [0.05, 0.1) is 10.5 Å². The first-order valence-electron chi connectivity index (χ1n) is 4.87. The zero-order valence-corrected chi connectivity index (χ0v) is 10.6. The molecule has 0 spiro atoms. The largest absolute Gasteiger partial charge is 0.319 e. The maximum Gasteiger partial charge on any atom is 0.293 e. The van der Waals surface area contributed by atoms with Gasteiger partial charge in [0.25, 0.3) is 5.69 Å². The molecule has 2 N–H and O–H groups in total. The van der Waals surface area contributed by atoms with Gasteiger partial charge in [0.1, 0.15) is 5.69 Å². The van der Waals surface area contributed by atoms with Gasteiger partial charge in [-0.3, -0.25) is 15.1 Å². The summed E-state index contributed by atoms with van der Waals surface area (Å²) in [5, 5.41) is 10.9. The van der Waals surface area contributed by atoms with Crippen molar-refractivity contribution in [3.63, 3.8) is 0 Å². The number of hydrogen-bond donors (Lipinski definition) is 1.